The topological polar surface area (TPSA) is 54.4 Å². The van der Waals surface area contributed by atoms with Crippen molar-refractivity contribution in [3.8, 4) is 5.88 Å². The van der Waals surface area contributed by atoms with Crippen LogP contribution in [-0.4, -0.2) is 30.8 Å². The molecule has 2 N–H and O–H groups in total. The van der Waals surface area contributed by atoms with Crippen LogP contribution in [0.1, 0.15) is 29.0 Å². The molecular formula is C27H27BrN2O2. The molecule has 4 aromatic rings. The third-order valence-corrected chi connectivity index (χ3v) is 6.41. The fourth-order valence-corrected chi connectivity index (χ4v) is 4.75. The number of hydrogen-bond acceptors (Lipinski definition) is 4. The van der Waals surface area contributed by atoms with Crippen molar-refractivity contribution < 1.29 is 9.84 Å². The first-order valence-corrected chi connectivity index (χ1v) is 11.5. The average Bonchev–Trinajstić information content (AvgIpc) is 2.83. The van der Waals surface area contributed by atoms with Gasteiger partial charge in [0, 0.05) is 21.3 Å². The first kappa shape index (κ1) is 22.5. The quantitative estimate of drug-likeness (QED) is 0.335. The Morgan fingerprint density at radius 3 is 2.34 bits per heavy atom. The van der Waals surface area contributed by atoms with E-state index in [1.54, 1.807) is 7.11 Å². The molecule has 0 saturated heterocycles. The smallest absolute Gasteiger partial charge is 0.217 e. The van der Waals surface area contributed by atoms with E-state index in [4.69, 9.17) is 9.72 Å². The fraction of sp³-hybridized carbons (Fsp3) is 0.222. The number of benzene rings is 3. The zero-order valence-corrected chi connectivity index (χ0v) is 19.8. The van der Waals surface area contributed by atoms with Crippen molar-refractivity contribution in [1.82, 2.24) is 10.3 Å². The van der Waals surface area contributed by atoms with Crippen molar-refractivity contribution in [2.75, 3.05) is 20.7 Å². The van der Waals surface area contributed by atoms with E-state index in [1.807, 2.05) is 73.8 Å². The Labute approximate surface area is 197 Å². The number of aromatic nitrogens is 1. The molecule has 0 aliphatic carbocycles. The Bertz CT molecular complexity index is 1180. The minimum absolute atomic E-state index is 0.384. The number of rotatable bonds is 8. The van der Waals surface area contributed by atoms with Crippen LogP contribution >= 0.6 is 15.9 Å². The molecule has 0 saturated carbocycles. The van der Waals surface area contributed by atoms with Gasteiger partial charge in [0.25, 0.3) is 0 Å². The Hall–Kier alpha value is -2.73. The summed E-state index contributed by atoms with van der Waals surface area (Å²) in [4.78, 5) is 4.80. The first-order valence-electron chi connectivity index (χ1n) is 10.7. The summed E-state index contributed by atoms with van der Waals surface area (Å²) in [6, 6.07) is 28.1. The number of fused-ring (bicyclic) bond motifs is 1. The summed E-state index contributed by atoms with van der Waals surface area (Å²) in [6.45, 7) is 0.656. The summed E-state index contributed by atoms with van der Waals surface area (Å²) in [7, 11) is 3.53. The molecule has 0 aliphatic rings. The van der Waals surface area contributed by atoms with Crippen LogP contribution in [0.15, 0.2) is 89.4 Å². The third kappa shape index (κ3) is 4.42. The summed E-state index contributed by atoms with van der Waals surface area (Å²) < 4.78 is 6.75. The van der Waals surface area contributed by atoms with Crippen LogP contribution in [-0.2, 0) is 5.60 Å². The van der Waals surface area contributed by atoms with E-state index in [9.17, 15) is 5.11 Å². The van der Waals surface area contributed by atoms with E-state index in [0.717, 1.165) is 32.1 Å². The van der Waals surface area contributed by atoms with Crippen molar-refractivity contribution in [3.05, 3.63) is 106 Å². The van der Waals surface area contributed by atoms with Crippen LogP contribution in [0.25, 0.3) is 10.9 Å². The molecule has 2 atom stereocenters. The van der Waals surface area contributed by atoms with E-state index < -0.39 is 5.60 Å². The molecule has 4 nitrogen and oxygen atoms in total. The molecule has 1 aromatic heterocycles. The number of methoxy groups -OCH3 is 1. The van der Waals surface area contributed by atoms with Gasteiger partial charge in [0.1, 0.15) is 5.60 Å². The number of pyridine rings is 1. The normalized spacial score (nSPS) is 14.1. The van der Waals surface area contributed by atoms with Gasteiger partial charge in [-0.1, -0.05) is 76.6 Å². The monoisotopic (exact) mass is 490 g/mol. The van der Waals surface area contributed by atoms with Crippen LogP contribution in [0.5, 0.6) is 5.88 Å². The highest BCUT2D eigenvalue weighted by atomic mass is 79.9. The maximum absolute atomic E-state index is 12.4. The maximum Gasteiger partial charge on any atom is 0.217 e. The van der Waals surface area contributed by atoms with E-state index in [1.165, 1.54) is 0 Å². The van der Waals surface area contributed by atoms with Gasteiger partial charge in [0.05, 0.1) is 12.6 Å². The van der Waals surface area contributed by atoms with Crippen LogP contribution < -0.4 is 10.1 Å². The summed E-state index contributed by atoms with van der Waals surface area (Å²) in [5.74, 6) is 0.137. The van der Waals surface area contributed by atoms with Gasteiger partial charge in [-0.25, -0.2) is 4.98 Å². The lowest BCUT2D eigenvalue weighted by atomic mass is 9.71. The standard InChI is InChI=1S/C27H27BrN2O2/c1-29-16-15-27(31,21-11-7-4-8-12-21)25(19-9-5-3-6-10-19)23-18-20-17-22(28)13-14-24(20)30-26(23)32-2/h3-14,17-18,25,29,31H,15-16H2,1-2H3/t25-,27-/m0/s1. The Morgan fingerprint density at radius 1 is 1.00 bits per heavy atom. The van der Waals surface area contributed by atoms with Gasteiger partial charge in [0.2, 0.25) is 5.88 Å². The van der Waals surface area contributed by atoms with Crippen LogP contribution in [0.2, 0.25) is 0 Å². The van der Waals surface area contributed by atoms with Gasteiger partial charge in [-0.05, 0) is 55.4 Å². The molecule has 0 spiro atoms. The van der Waals surface area contributed by atoms with Crippen molar-refractivity contribution in [2.45, 2.75) is 17.9 Å². The predicted octanol–water partition coefficient (Wildman–Crippen LogP) is 5.64. The number of halogens is 1. The summed E-state index contributed by atoms with van der Waals surface area (Å²) >= 11 is 3.57. The molecule has 0 fully saturated rings. The minimum Gasteiger partial charge on any atom is -0.481 e. The minimum atomic E-state index is -1.18. The van der Waals surface area contributed by atoms with E-state index in [2.05, 4.69) is 39.4 Å². The largest absolute Gasteiger partial charge is 0.481 e. The lowest BCUT2D eigenvalue weighted by Gasteiger charge is -2.38. The zero-order valence-electron chi connectivity index (χ0n) is 18.3. The van der Waals surface area contributed by atoms with E-state index >= 15 is 0 Å². The van der Waals surface area contributed by atoms with Crippen LogP contribution in [0.3, 0.4) is 0 Å². The van der Waals surface area contributed by atoms with Crippen molar-refractivity contribution in [3.63, 3.8) is 0 Å². The number of hydrogen-bond donors (Lipinski definition) is 2. The average molecular weight is 491 g/mol. The second-order valence-corrected chi connectivity index (χ2v) is 8.83. The SMILES string of the molecule is CNCC[C@](O)(c1ccccc1)[C@@H](c1ccccc1)c1cc2cc(Br)ccc2nc1OC. The molecule has 0 radical (unpaired) electrons. The molecule has 0 bridgehead atoms. The highest BCUT2D eigenvalue weighted by Gasteiger charge is 2.41. The van der Waals surface area contributed by atoms with Crippen molar-refractivity contribution >= 4 is 26.8 Å². The molecule has 32 heavy (non-hydrogen) atoms. The van der Waals surface area contributed by atoms with Crippen molar-refractivity contribution in [1.29, 1.82) is 0 Å². The lowest BCUT2D eigenvalue weighted by Crippen LogP contribution is -2.37. The number of nitrogens with zero attached hydrogens (tertiary/aromatic N) is 1. The van der Waals surface area contributed by atoms with Gasteiger partial charge in [-0.2, -0.15) is 0 Å². The second kappa shape index (κ2) is 9.82. The summed E-state index contributed by atoms with van der Waals surface area (Å²) in [5, 5.41) is 16.6. The molecule has 5 heteroatoms. The second-order valence-electron chi connectivity index (χ2n) is 7.91. The summed E-state index contributed by atoms with van der Waals surface area (Å²) in [5.41, 5.74) is 2.39. The van der Waals surface area contributed by atoms with Gasteiger partial charge in [-0.15, -0.1) is 0 Å². The van der Waals surface area contributed by atoms with Crippen LogP contribution in [0.4, 0.5) is 0 Å². The molecule has 3 aromatic carbocycles. The van der Waals surface area contributed by atoms with Gasteiger partial charge < -0.3 is 15.2 Å². The number of nitrogens with one attached hydrogen (secondary N) is 1. The highest BCUT2D eigenvalue weighted by molar-refractivity contribution is 9.10. The van der Waals surface area contributed by atoms with Crippen molar-refractivity contribution in [2.24, 2.45) is 0 Å². The third-order valence-electron chi connectivity index (χ3n) is 5.91. The predicted molar refractivity (Wildman–Crippen MR) is 133 cm³/mol. The molecule has 0 unspecified atom stereocenters. The zero-order chi connectivity index (χ0) is 22.6. The number of aliphatic hydroxyl groups is 1. The van der Waals surface area contributed by atoms with Gasteiger partial charge in [0.15, 0.2) is 0 Å². The van der Waals surface area contributed by atoms with E-state index in [0.29, 0.717) is 18.8 Å². The molecule has 4 rings (SSSR count). The fourth-order valence-electron chi connectivity index (χ4n) is 4.37. The maximum atomic E-state index is 12.4. The van der Waals surface area contributed by atoms with Gasteiger partial charge in [-0.3, -0.25) is 0 Å². The highest BCUT2D eigenvalue weighted by Crippen LogP contribution is 2.47. The number of ether oxygens (including phenoxy) is 1. The molecule has 0 aliphatic heterocycles. The lowest BCUT2D eigenvalue weighted by molar-refractivity contribution is 0.0104. The Morgan fingerprint density at radius 2 is 1.69 bits per heavy atom. The molecule has 0 amide bonds. The van der Waals surface area contributed by atoms with Gasteiger partial charge >= 0.3 is 0 Å². The first-order chi connectivity index (χ1) is 15.6. The molecule has 164 valence electrons. The molecule has 1 heterocycles. The Balaban J connectivity index is 2.01. The van der Waals surface area contributed by atoms with E-state index in [-0.39, 0.29) is 5.92 Å². The van der Waals surface area contributed by atoms with Crippen LogP contribution in [0, 0.1) is 0 Å². The summed E-state index contributed by atoms with van der Waals surface area (Å²) in [6.07, 6.45) is 0.521. The molecular weight excluding hydrogens is 464 g/mol. The Kier molecular flexibility index (Phi) is 6.89.